The standard InChI is InChI=1S/C18H22N4O4/c1-3-16-20-22(11(2)17(23)19-10-12-5-4-7-25-12)18(24)14-9-15-13(21(14)16)6-8-26-15/h6,8-9,11-12H,3-5,7,10H2,1-2H3,(H,19,23). The molecule has 1 aliphatic rings. The van der Waals surface area contributed by atoms with E-state index < -0.39 is 6.04 Å². The van der Waals surface area contributed by atoms with Gasteiger partial charge in [0.15, 0.2) is 5.58 Å². The SMILES string of the molecule is CCc1nn(C(C)C(=O)NCC2CCCO2)c(=O)c2cc3occc3n12. The molecule has 0 aromatic carbocycles. The van der Waals surface area contributed by atoms with Crippen LogP contribution in [-0.4, -0.2) is 39.3 Å². The number of aromatic nitrogens is 3. The van der Waals surface area contributed by atoms with Gasteiger partial charge in [-0.15, -0.1) is 0 Å². The number of aryl methyl sites for hydroxylation is 1. The molecule has 4 rings (SSSR count). The Hall–Kier alpha value is -2.61. The van der Waals surface area contributed by atoms with Crippen LogP contribution in [0.1, 0.15) is 38.6 Å². The third kappa shape index (κ3) is 2.70. The first-order valence-corrected chi connectivity index (χ1v) is 8.99. The maximum Gasteiger partial charge on any atom is 0.291 e. The van der Waals surface area contributed by atoms with Crippen molar-refractivity contribution in [2.75, 3.05) is 13.2 Å². The van der Waals surface area contributed by atoms with Gasteiger partial charge in [0.2, 0.25) is 5.91 Å². The summed E-state index contributed by atoms with van der Waals surface area (Å²) in [4.78, 5) is 25.4. The molecule has 26 heavy (non-hydrogen) atoms. The first-order valence-electron chi connectivity index (χ1n) is 8.99. The van der Waals surface area contributed by atoms with Crippen LogP contribution in [0.15, 0.2) is 27.6 Å². The smallest absolute Gasteiger partial charge is 0.291 e. The van der Waals surface area contributed by atoms with E-state index in [0.717, 1.165) is 25.0 Å². The highest BCUT2D eigenvalue weighted by molar-refractivity contribution is 5.83. The maximum absolute atomic E-state index is 12.9. The van der Waals surface area contributed by atoms with Crippen molar-refractivity contribution in [3.8, 4) is 0 Å². The third-order valence-electron chi connectivity index (χ3n) is 4.92. The van der Waals surface area contributed by atoms with Crippen molar-refractivity contribution in [2.24, 2.45) is 0 Å². The minimum Gasteiger partial charge on any atom is -0.463 e. The number of amides is 1. The highest BCUT2D eigenvalue weighted by Gasteiger charge is 2.23. The Morgan fingerprint density at radius 3 is 3.04 bits per heavy atom. The highest BCUT2D eigenvalue weighted by Crippen LogP contribution is 2.21. The minimum atomic E-state index is -0.708. The van der Waals surface area contributed by atoms with Crippen LogP contribution >= 0.6 is 0 Å². The number of nitrogens with zero attached hydrogens (tertiary/aromatic N) is 3. The molecule has 0 aliphatic carbocycles. The number of carbonyl (C=O) groups excluding carboxylic acids is 1. The van der Waals surface area contributed by atoms with E-state index in [9.17, 15) is 9.59 Å². The van der Waals surface area contributed by atoms with Crippen molar-refractivity contribution >= 4 is 22.5 Å². The van der Waals surface area contributed by atoms with Gasteiger partial charge < -0.3 is 14.5 Å². The van der Waals surface area contributed by atoms with E-state index in [1.807, 2.05) is 13.0 Å². The Bertz CT molecular complexity index is 1010. The van der Waals surface area contributed by atoms with E-state index in [4.69, 9.17) is 9.15 Å². The largest absolute Gasteiger partial charge is 0.463 e. The Labute approximate surface area is 149 Å². The zero-order valence-corrected chi connectivity index (χ0v) is 14.9. The van der Waals surface area contributed by atoms with Crippen LogP contribution in [-0.2, 0) is 16.0 Å². The van der Waals surface area contributed by atoms with Gasteiger partial charge in [-0.2, -0.15) is 5.10 Å². The van der Waals surface area contributed by atoms with Gasteiger partial charge in [0, 0.05) is 31.7 Å². The van der Waals surface area contributed by atoms with Crippen molar-refractivity contribution in [3.63, 3.8) is 0 Å². The number of hydrogen-bond donors (Lipinski definition) is 1. The fraction of sp³-hybridized carbons (Fsp3) is 0.500. The molecule has 138 valence electrons. The number of carbonyl (C=O) groups is 1. The normalized spacial score (nSPS) is 18.6. The van der Waals surface area contributed by atoms with Crippen LogP contribution in [0.4, 0.5) is 0 Å². The second-order valence-electron chi connectivity index (χ2n) is 6.61. The van der Waals surface area contributed by atoms with E-state index >= 15 is 0 Å². The summed E-state index contributed by atoms with van der Waals surface area (Å²) in [6, 6.07) is 2.80. The molecule has 1 fully saturated rings. The van der Waals surface area contributed by atoms with Gasteiger partial charge in [-0.3, -0.25) is 14.0 Å². The molecule has 0 bridgehead atoms. The Morgan fingerprint density at radius 1 is 1.46 bits per heavy atom. The van der Waals surface area contributed by atoms with Crippen LogP contribution in [0.3, 0.4) is 0 Å². The number of hydrogen-bond acceptors (Lipinski definition) is 5. The molecule has 3 aromatic rings. The third-order valence-corrected chi connectivity index (χ3v) is 4.92. The van der Waals surface area contributed by atoms with Gasteiger partial charge in [0.05, 0.1) is 17.9 Å². The molecule has 1 saturated heterocycles. The molecule has 0 spiro atoms. The number of rotatable bonds is 5. The molecule has 4 heterocycles. The lowest BCUT2D eigenvalue weighted by molar-refractivity contribution is -0.124. The average molecular weight is 358 g/mol. The average Bonchev–Trinajstić information content (AvgIpc) is 3.37. The molecule has 2 unspecified atom stereocenters. The summed E-state index contributed by atoms with van der Waals surface area (Å²) in [5.74, 6) is 0.464. The maximum atomic E-state index is 12.9. The number of fused-ring (bicyclic) bond motifs is 3. The summed E-state index contributed by atoms with van der Waals surface area (Å²) in [7, 11) is 0. The predicted molar refractivity (Wildman–Crippen MR) is 95.3 cm³/mol. The lowest BCUT2D eigenvalue weighted by Gasteiger charge is -2.17. The molecule has 0 saturated carbocycles. The summed E-state index contributed by atoms with van der Waals surface area (Å²) in [6.07, 6.45) is 4.23. The first kappa shape index (κ1) is 16.8. The fourth-order valence-electron chi connectivity index (χ4n) is 3.46. The second kappa shape index (κ2) is 6.60. The van der Waals surface area contributed by atoms with E-state index in [0.29, 0.717) is 29.9 Å². The van der Waals surface area contributed by atoms with Gasteiger partial charge in [0.25, 0.3) is 5.56 Å². The highest BCUT2D eigenvalue weighted by atomic mass is 16.5. The van der Waals surface area contributed by atoms with E-state index in [-0.39, 0.29) is 17.6 Å². The van der Waals surface area contributed by atoms with Crippen molar-refractivity contribution in [3.05, 3.63) is 34.6 Å². The zero-order chi connectivity index (χ0) is 18.3. The van der Waals surface area contributed by atoms with Gasteiger partial charge in [0.1, 0.15) is 17.4 Å². The van der Waals surface area contributed by atoms with Gasteiger partial charge in [-0.05, 0) is 19.8 Å². The van der Waals surface area contributed by atoms with Crippen molar-refractivity contribution in [2.45, 2.75) is 45.3 Å². The Balaban J connectivity index is 1.67. The molecule has 3 aromatic heterocycles. The Morgan fingerprint density at radius 2 is 2.31 bits per heavy atom. The summed E-state index contributed by atoms with van der Waals surface area (Å²) >= 11 is 0. The van der Waals surface area contributed by atoms with Gasteiger partial charge >= 0.3 is 0 Å². The molecule has 8 heteroatoms. The van der Waals surface area contributed by atoms with Crippen LogP contribution in [0, 0.1) is 0 Å². The summed E-state index contributed by atoms with van der Waals surface area (Å²) < 4.78 is 14.0. The number of ether oxygens (including phenoxy) is 1. The molecule has 0 radical (unpaired) electrons. The molecule has 1 N–H and O–H groups in total. The van der Waals surface area contributed by atoms with Crippen LogP contribution in [0.25, 0.3) is 16.6 Å². The molecular formula is C18H22N4O4. The van der Waals surface area contributed by atoms with Crippen LogP contribution in [0.5, 0.6) is 0 Å². The number of furan rings is 1. The molecule has 1 aliphatic heterocycles. The Kier molecular flexibility index (Phi) is 4.28. The fourth-order valence-corrected chi connectivity index (χ4v) is 3.46. The monoisotopic (exact) mass is 358 g/mol. The summed E-state index contributed by atoms with van der Waals surface area (Å²) in [5.41, 5.74) is 1.59. The lowest BCUT2D eigenvalue weighted by atomic mass is 10.2. The second-order valence-corrected chi connectivity index (χ2v) is 6.61. The van der Waals surface area contributed by atoms with E-state index in [1.54, 1.807) is 23.7 Å². The summed E-state index contributed by atoms with van der Waals surface area (Å²) in [6.45, 7) is 4.84. The minimum absolute atomic E-state index is 0.0575. The lowest BCUT2D eigenvalue weighted by Crippen LogP contribution is -2.40. The van der Waals surface area contributed by atoms with Crippen LogP contribution in [0.2, 0.25) is 0 Å². The quantitative estimate of drug-likeness (QED) is 0.749. The molecule has 1 amide bonds. The topological polar surface area (TPSA) is 90.8 Å². The van der Waals surface area contributed by atoms with Crippen LogP contribution < -0.4 is 10.9 Å². The molecule has 8 nitrogen and oxygen atoms in total. The van der Waals surface area contributed by atoms with Crippen molar-refractivity contribution in [1.29, 1.82) is 0 Å². The van der Waals surface area contributed by atoms with Gasteiger partial charge in [-0.1, -0.05) is 6.92 Å². The molecule has 2 atom stereocenters. The first-order chi connectivity index (χ1) is 12.6. The number of nitrogens with one attached hydrogen (secondary N) is 1. The zero-order valence-electron chi connectivity index (χ0n) is 14.9. The van der Waals surface area contributed by atoms with Crippen molar-refractivity contribution in [1.82, 2.24) is 19.5 Å². The van der Waals surface area contributed by atoms with E-state index in [2.05, 4.69) is 10.4 Å². The van der Waals surface area contributed by atoms with Crippen molar-refractivity contribution < 1.29 is 13.9 Å². The molecular weight excluding hydrogens is 336 g/mol. The van der Waals surface area contributed by atoms with Gasteiger partial charge in [-0.25, -0.2) is 4.68 Å². The van der Waals surface area contributed by atoms with E-state index in [1.165, 1.54) is 4.68 Å². The predicted octanol–water partition coefficient (Wildman–Crippen LogP) is 1.66. The summed E-state index contributed by atoms with van der Waals surface area (Å²) in [5, 5.41) is 7.32.